The van der Waals surface area contributed by atoms with Crippen LogP contribution in [0.1, 0.15) is 18.1 Å². The van der Waals surface area contributed by atoms with Crippen molar-refractivity contribution in [1.82, 2.24) is 10.3 Å². The number of aliphatic hydroxyl groups excluding tert-OH is 1. The van der Waals surface area contributed by atoms with Crippen molar-refractivity contribution < 1.29 is 19.7 Å². The first-order valence-electron chi connectivity index (χ1n) is 7.72. The number of benzene rings is 1. The molecule has 6 N–H and O–H groups in total. The molecule has 25 heavy (non-hydrogen) atoms. The highest BCUT2D eigenvalue weighted by atomic mass is 32.2. The predicted octanol–water partition coefficient (Wildman–Crippen LogP) is 1.14. The number of nitrogens with one attached hydrogen (secondary N) is 2. The van der Waals surface area contributed by atoms with E-state index in [4.69, 9.17) is 5.73 Å². The molecular weight excluding hydrogens is 366 g/mol. The number of nitrogens with two attached hydrogens (primary N) is 1. The third-order valence-corrected chi connectivity index (χ3v) is 5.39. The number of fused-ring (bicyclic) bond motifs is 1. The Morgan fingerprint density at radius 1 is 1.44 bits per heavy atom. The molecule has 0 fully saturated rings. The number of hydrogen-bond acceptors (Lipinski definition) is 8. The van der Waals surface area contributed by atoms with E-state index in [9.17, 15) is 19.8 Å². The van der Waals surface area contributed by atoms with Crippen LogP contribution in [-0.2, 0) is 4.74 Å². The second-order valence-corrected chi connectivity index (χ2v) is 7.45. The van der Waals surface area contributed by atoms with Gasteiger partial charge in [0.05, 0.1) is 17.4 Å². The molecule has 1 aromatic heterocycles. The Morgan fingerprint density at radius 2 is 2.24 bits per heavy atom. The number of phenols is 1. The van der Waals surface area contributed by atoms with E-state index in [0.717, 1.165) is 29.3 Å². The van der Waals surface area contributed by atoms with E-state index in [1.807, 2.05) is 0 Å². The molecule has 1 amide bonds. The number of H-pyrrole nitrogens is 1. The number of aromatic amines is 1. The van der Waals surface area contributed by atoms with Crippen LogP contribution in [0.3, 0.4) is 0 Å². The van der Waals surface area contributed by atoms with E-state index < -0.39 is 12.2 Å². The van der Waals surface area contributed by atoms with Gasteiger partial charge >= 0.3 is 11.0 Å². The number of carbonyl (C=O) groups is 1. The SMILES string of the molecule is NC(=O)OCCCSCCNC[C@H](O)c1ccc(O)c2[nH]c(=O)sc12. The predicted molar refractivity (Wildman–Crippen MR) is 99.4 cm³/mol. The summed E-state index contributed by atoms with van der Waals surface area (Å²) in [5.74, 6) is 1.70. The van der Waals surface area contributed by atoms with Crippen LogP contribution in [0.15, 0.2) is 16.9 Å². The lowest BCUT2D eigenvalue weighted by Gasteiger charge is -2.13. The summed E-state index contributed by atoms with van der Waals surface area (Å²) in [5, 5.41) is 23.2. The number of amides is 1. The molecule has 10 heteroatoms. The standard InChI is InChI=1S/C15H21N3O5S2/c16-14(21)23-5-1-6-24-7-4-17-8-11(20)9-2-3-10(19)12-13(9)25-15(22)18-12/h2-3,11,17,19-20H,1,4-8H2,(H2,16,21)(H,18,22)/t11-/m0/s1. The van der Waals surface area contributed by atoms with E-state index in [1.54, 1.807) is 17.8 Å². The molecule has 0 unspecified atom stereocenters. The van der Waals surface area contributed by atoms with Gasteiger partial charge in [0.2, 0.25) is 0 Å². The maximum Gasteiger partial charge on any atom is 0.404 e. The van der Waals surface area contributed by atoms with Gasteiger partial charge in [0.25, 0.3) is 0 Å². The molecule has 1 heterocycles. The smallest absolute Gasteiger partial charge is 0.404 e. The van der Waals surface area contributed by atoms with Gasteiger partial charge in [-0.25, -0.2) is 4.79 Å². The second-order valence-electron chi connectivity index (χ2n) is 5.25. The highest BCUT2D eigenvalue weighted by Gasteiger charge is 2.15. The van der Waals surface area contributed by atoms with E-state index >= 15 is 0 Å². The van der Waals surface area contributed by atoms with Gasteiger partial charge < -0.3 is 31.0 Å². The summed E-state index contributed by atoms with van der Waals surface area (Å²) in [6.45, 7) is 1.38. The van der Waals surface area contributed by atoms with E-state index in [1.165, 1.54) is 6.07 Å². The lowest BCUT2D eigenvalue weighted by atomic mass is 10.1. The van der Waals surface area contributed by atoms with Crippen LogP contribution in [-0.4, -0.2) is 52.5 Å². The normalized spacial score (nSPS) is 12.4. The van der Waals surface area contributed by atoms with Crippen molar-refractivity contribution in [3.05, 3.63) is 27.4 Å². The molecule has 138 valence electrons. The third-order valence-electron chi connectivity index (χ3n) is 3.39. The summed E-state index contributed by atoms with van der Waals surface area (Å²) >= 11 is 2.68. The number of aromatic nitrogens is 1. The number of aliphatic hydroxyl groups is 1. The second kappa shape index (κ2) is 9.66. The maximum atomic E-state index is 11.5. The number of ether oxygens (including phenoxy) is 1. The third kappa shape index (κ3) is 5.92. The highest BCUT2D eigenvalue weighted by molar-refractivity contribution is 7.99. The lowest BCUT2D eigenvalue weighted by molar-refractivity contribution is 0.157. The first kappa shape index (κ1) is 19.6. The van der Waals surface area contributed by atoms with Gasteiger partial charge in [0.15, 0.2) is 0 Å². The Balaban J connectivity index is 1.71. The highest BCUT2D eigenvalue weighted by Crippen LogP contribution is 2.31. The molecule has 0 saturated heterocycles. The average molecular weight is 387 g/mol. The molecule has 0 saturated carbocycles. The summed E-state index contributed by atoms with van der Waals surface area (Å²) in [4.78, 5) is 24.2. The minimum Gasteiger partial charge on any atom is -0.506 e. The molecule has 0 aliphatic heterocycles. The fraction of sp³-hybridized carbons (Fsp3) is 0.467. The van der Waals surface area contributed by atoms with Gasteiger partial charge in [-0.05, 0) is 18.2 Å². The summed E-state index contributed by atoms with van der Waals surface area (Å²) in [6.07, 6.45) is -0.784. The van der Waals surface area contributed by atoms with Gasteiger partial charge in [0, 0.05) is 24.4 Å². The average Bonchev–Trinajstić information content (AvgIpc) is 2.95. The van der Waals surface area contributed by atoms with Crippen LogP contribution in [0.2, 0.25) is 0 Å². The Bertz CT molecular complexity index is 761. The zero-order valence-electron chi connectivity index (χ0n) is 13.5. The van der Waals surface area contributed by atoms with Crippen LogP contribution in [0, 0.1) is 0 Å². The number of aromatic hydroxyl groups is 1. The summed E-state index contributed by atoms with van der Waals surface area (Å²) < 4.78 is 5.20. The number of primary amides is 1. The summed E-state index contributed by atoms with van der Waals surface area (Å²) in [5.41, 5.74) is 5.83. The fourth-order valence-electron chi connectivity index (χ4n) is 2.23. The largest absolute Gasteiger partial charge is 0.506 e. The number of carbonyl (C=O) groups excluding carboxylic acids is 1. The molecule has 0 radical (unpaired) electrons. The summed E-state index contributed by atoms with van der Waals surface area (Å²) in [7, 11) is 0. The number of hydrogen-bond donors (Lipinski definition) is 5. The van der Waals surface area contributed by atoms with Gasteiger partial charge in [-0.15, -0.1) is 0 Å². The molecule has 1 atom stereocenters. The van der Waals surface area contributed by atoms with Crippen molar-refractivity contribution >= 4 is 39.4 Å². The van der Waals surface area contributed by atoms with Crippen molar-refractivity contribution in [2.45, 2.75) is 12.5 Å². The van der Waals surface area contributed by atoms with Gasteiger partial charge in [-0.1, -0.05) is 17.4 Å². The van der Waals surface area contributed by atoms with Crippen LogP contribution in [0.25, 0.3) is 10.2 Å². The molecule has 2 aromatic rings. The molecular formula is C15H21N3O5S2. The minimum atomic E-state index is -0.775. The number of phenolic OH excluding ortho intramolecular Hbond substituents is 1. The molecule has 0 spiro atoms. The Labute approximate surface area is 152 Å². The van der Waals surface area contributed by atoms with Crippen molar-refractivity contribution in [3.63, 3.8) is 0 Å². The zero-order chi connectivity index (χ0) is 18.2. The van der Waals surface area contributed by atoms with Gasteiger partial charge in [0.1, 0.15) is 11.3 Å². The molecule has 1 aromatic carbocycles. The fourth-order valence-corrected chi connectivity index (χ4v) is 3.96. The zero-order valence-corrected chi connectivity index (χ0v) is 15.1. The molecule has 0 bridgehead atoms. The molecule has 0 aliphatic rings. The van der Waals surface area contributed by atoms with Crippen LogP contribution in [0.4, 0.5) is 4.79 Å². The maximum absolute atomic E-state index is 11.5. The topological polar surface area (TPSA) is 138 Å². The molecule has 8 nitrogen and oxygen atoms in total. The Hall–Kier alpha value is -1.75. The van der Waals surface area contributed by atoms with Crippen molar-refractivity contribution in [2.75, 3.05) is 31.2 Å². The first-order valence-corrected chi connectivity index (χ1v) is 9.69. The Morgan fingerprint density at radius 3 is 3.00 bits per heavy atom. The summed E-state index contributed by atoms with van der Waals surface area (Å²) in [6, 6.07) is 3.09. The van der Waals surface area contributed by atoms with E-state index in [-0.39, 0.29) is 10.6 Å². The van der Waals surface area contributed by atoms with Crippen LogP contribution in [0.5, 0.6) is 5.75 Å². The van der Waals surface area contributed by atoms with E-state index in [2.05, 4.69) is 15.0 Å². The first-order chi connectivity index (χ1) is 12.0. The number of rotatable bonds is 10. The minimum absolute atomic E-state index is 0.00558. The molecule has 0 aliphatic carbocycles. The molecule has 2 rings (SSSR count). The number of thioether (sulfide) groups is 1. The van der Waals surface area contributed by atoms with Gasteiger partial charge in [-0.3, -0.25) is 4.79 Å². The van der Waals surface area contributed by atoms with Gasteiger partial charge in [-0.2, -0.15) is 11.8 Å². The van der Waals surface area contributed by atoms with Crippen molar-refractivity contribution in [2.24, 2.45) is 5.73 Å². The monoisotopic (exact) mass is 387 g/mol. The Kier molecular flexibility index (Phi) is 7.56. The van der Waals surface area contributed by atoms with Crippen LogP contribution < -0.4 is 15.9 Å². The number of thiazole rings is 1. The van der Waals surface area contributed by atoms with Crippen molar-refractivity contribution in [3.8, 4) is 5.75 Å². The van der Waals surface area contributed by atoms with Crippen molar-refractivity contribution in [1.29, 1.82) is 0 Å². The van der Waals surface area contributed by atoms with E-state index in [0.29, 0.717) is 35.5 Å². The quantitative estimate of drug-likeness (QED) is 0.385. The van der Waals surface area contributed by atoms with Crippen LogP contribution >= 0.6 is 23.1 Å². The lowest BCUT2D eigenvalue weighted by Crippen LogP contribution is -2.24.